The molecule has 0 atom stereocenters. The average Bonchev–Trinajstić information content (AvgIpc) is 3.19. The van der Waals surface area contributed by atoms with Crippen LogP contribution in [0.25, 0.3) is 6.08 Å². The highest BCUT2D eigenvalue weighted by molar-refractivity contribution is 8.26. The van der Waals surface area contributed by atoms with Gasteiger partial charge in [-0.15, -0.1) is 0 Å². The van der Waals surface area contributed by atoms with Gasteiger partial charge in [0.25, 0.3) is 5.91 Å². The molecular formula is C29H27NO6S2. The molecule has 1 saturated heterocycles. The Morgan fingerprint density at radius 2 is 1.63 bits per heavy atom. The third-order valence-corrected chi connectivity index (χ3v) is 7.27. The monoisotopic (exact) mass is 549 g/mol. The normalized spacial score (nSPS) is 14.1. The topological polar surface area (TPSA) is 74.3 Å². The number of nitrogens with zero attached hydrogens (tertiary/aromatic N) is 1. The highest BCUT2D eigenvalue weighted by Crippen LogP contribution is 2.35. The maximum absolute atomic E-state index is 13.1. The van der Waals surface area contributed by atoms with Gasteiger partial charge in [0.15, 0.2) is 23.0 Å². The quantitative estimate of drug-likeness (QED) is 0.146. The van der Waals surface area contributed by atoms with Crippen LogP contribution >= 0.6 is 24.0 Å². The van der Waals surface area contributed by atoms with Crippen molar-refractivity contribution in [3.8, 4) is 23.0 Å². The number of benzene rings is 3. The number of rotatable bonds is 9. The molecule has 0 unspecified atom stereocenters. The summed E-state index contributed by atoms with van der Waals surface area (Å²) in [7, 11) is 4.67. The van der Waals surface area contributed by atoms with E-state index in [2.05, 4.69) is 0 Å². The van der Waals surface area contributed by atoms with Gasteiger partial charge in [0.2, 0.25) is 0 Å². The lowest BCUT2D eigenvalue weighted by molar-refractivity contribution is -0.122. The van der Waals surface area contributed by atoms with E-state index in [1.54, 1.807) is 61.6 Å². The maximum atomic E-state index is 13.1. The summed E-state index contributed by atoms with van der Waals surface area (Å²) in [5.74, 6) is 1.32. The molecule has 0 bridgehead atoms. The lowest BCUT2D eigenvalue weighted by atomic mass is 10.1. The van der Waals surface area contributed by atoms with Gasteiger partial charge in [-0.3, -0.25) is 9.69 Å². The van der Waals surface area contributed by atoms with E-state index in [0.29, 0.717) is 50.8 Å². The molecule has 0 aliphatic carbocycles. The van der Waals surface area contributed by atoms with Crippen molar-refractivity contribution >= 4 is 46.3 Å². The molecule has 9 heteroatoms. The van der Waals surface area contributed by atoms with E-state index in [4.69, 9.17) is 31.2 Å². The van der Waals surface area contributed by atoms with E-state index in [9.17, 15) is 9.59 Å². The summed E-state index contributed by atoms with van der Waals surface area (Å²) in [6.45, 7) is 2.35. The van der Waals surface area contributed by atoms with Crippen molar-refractivity contribution in [3.05, 3.63) is 87.8 Å². The summed E-state index contributed by atoms with van der Waals surface area (Å²) in [4.78, 5) is 27.8. The summed E-state index contributed by atoms with van der Waals surface area (Å²) >= 11 is 6.74. The minimum absolute atomic E-state index is 0.158. The van der Waals surface area contributed by atoms with Gasteiger partial charge < -0.3 is 18.9 Å². The van der Waals surface area contributed by atoms with Crippen LogP contribution in [0.1, 0.15) is 27.0 Å². The van der Waals surface area contributed by atoms with E-state index >= 15 is 0 Å². The highest BCUT2D eigenvalue weighted by atomic mass is 32.2. The molecule has 1 aliphatic heterocycles. The Bertz CT molecular complexity index is 1420. The van der Waals surface area contributed by atoms with E-state index in [1.807, 2.05) is 31.2 Å². The summed E-state index contributed by atoms with van der Waals surface area (Å²) in [5.41, 5.74) is 3.13. The fraction of sp³-hybridized carbons (Fsp3) is 0.207. The molecule has 0 saturated carbocycles. The van der Waals surface area contributed by atoms with Crippen LogP contribution < -0.4 is 18.9 Å². The third-order valence-electron chi connectivity index (χ3n) is 5.89. The number of amides is 1. The van der Waals surface area contributed by atoms with Gasteiger partial charge in [-0.25, -0.2) is 4.79 Å². The van der Waals surface area contributed by atoms with Gasteiger partial charge in [0.1, 0.15) is 4.32 Å². The van der Waals surface area contributed by atoms with Crippen molar-refractivity contribution in [2.24, 2.45) is 0 Å². The summed E-state index contributed by atoms with van der Waals surface area (Å²) in [6, 6.07) is 18.0. The fourth-order valence-corrected chi connectivity index (χ4v) is 5.22. The zero-order valence-corrected chi connectivity index (χ0v) is 23.1. The fourth-order valence-electron chi connectivity index (χ4n) is 3.91. The number of carbonyl (C=O) groups is 2. The molecule has 0 spiro atoms. The molecule has 0 N–H and O–H groups in total. The molecule has 1 fully saturated rings. The maximum Gasteiger partial charge on any atom is 0.343 e. The molecular weight excluding hydrogens is 522 g/mol. The van der Waals surface area contributed by atoms with Gasteiger partial charge in [-0.05, 0) is 66.9 Å². The van der Waals surface area contributed by atoms with Crippen molar-refractivity contribution in [2.75, 3.05) is 27.9 Å². The molecule has 1 heterocycles. The molecule has 3 aromatic carbocycles. The number of thiocarbonyl (C=S) groups is 1. The minimum atomic E-state index is -0.477. The number of hydrogen-bond acceptors (Lipinski definition) is 8. The summed E-state index contributed by atoms with van der Waals surface area (Å²) < 4.78 is 22.2. The molecule has 1 aliphatic rings. The van der Waals surface area contributed by atoms with Crippen LogP contribution in [0.3, 0.4) is 0 Å². The molecule has 1 amide bonds. The average molecular weight is 550 g/mol. The first-order valence-corrected chi connectivity index (χ1v) is 13.0. The number of carbonyl (C=O) groups excluding carboxylic acids is 2. The lowest BCUT2D eigenvalue weighted by Gasteiger charge is -2.15. The predicted molar refractivity (Wildman–Crippen MR) is 152 cm³/mol. The van der Waals surface area contributed by atoms with Crippen molar-refractivity contribution in [2.45, 2.75) is 13.3 Å². The molecule has 0 aromatic heterocycles. The Morgan fingerprint density at radius 3 is 2.34 bits per heavy atom. The van der Waals surface area contributed by atoms with Crippen LogP contribution in [0.5, 0.6) is 23.0 Å². The van der Waals surface area contributed by atoms with Crippen LogP contribution in [0.4, 0.5) is 0 Å². The molecule has 3 aromatic rings. The van der Waals surface area contributed by atoms with Crippen molar-refractivity contribution in [3.63, 3.8) is 0 Å². The lowest BCUT2D eigenvalue weighted by Crippen LogP contribution is -2.30. The van der Waals surface area contributed by atoms with Crippen molar-refractivity contribution in [1.82, 2.24) is 4.90 Å². The first-order valence-electron chi connectivity index (χ1n) is 11.8. The molecule has 7 nitrogen and oxygen atoms in total. The molecule has 196 valence electrons. The van der Waals surface area contributed by atoms with Crippen LogP contribution in [0.15, 0.2) is 65.6 Å². The van der Waals surface area contributed by atoms with E-state index < -0.39 is 5.97 Å². The van der Waals surface area contributed by atoms with Gasteiger partial charge in [0.05, 0.1) is 31.8 Å². The smallest absolute Gasteiger partial charge is 0.343 e. The standard InChI is InChI=1S/C29H27NO6S2/c1-18-6-5-7-21(14-18)28(32)36-23-11-9-20(16-25(23)35-4)17-26-27(31)30(29(37)38-26)13-12-19-8-10-22(33-2)24(15-19)34-3/h5-11,14-17H,12-13H2,1-4H3. The number of methoxy groups -OCH3 is 3. The van der Waals surface area contributed by atoms with Crippen molar-refractivity contribution < 1.29 is 28.5 Å². The number of esters is 1. The Kier molecular flexibility index (Phi) is 8.70. The Morgan fingerprint density at radius 1 is 0.921 bits per heavy atom. The SMILES string of the molecule is COc1ccc(CCN2C(=O)C(=Cc3ccc(OC(=O)c4cccc(C)c4)c(OC)c3)SC2=S)cc1OC. The molecule has 38 heavy (non-hydrogen) atoms. The van der Waals surface area contributed by atoms with Crippen LogP contribution in [0.2, 0.25) is 0 Å². The van der Waals surface area contributed by atoms with Gasteiger partial charge in [-0.2, -0.15) is 0 Å². The van der Waals surface area contributed by atoms with E-state index in [0.717, 1.165) is 16.7 Å². The molecule has 0 radical (unpaired) electrons. The Labute approximate surface area is 231 Å². The van der Waals surface area contributed by atoms with Gasteiger partial charge in [0, 0.05) is 6.54 Å². The summed E-state index contributed by atoms with van der Waals surface area (Å²) in [5, 5.41) is 0. The van der Waals surface area contributed by atoms with Crippen LogP contribution in [-0.2, 0) is 11.2 Å². The van der Waals surface area contributed by atoms with Crippen LogP contribution in [-0.4, -0.2) is 49.0 Å². The largest absolute Gasteiger partial charge is 0.493 e. The number of ether oxygens (including phenoxy) is 4. The zero-order valence-electron chi connectivity index (χ0n) is 21.5. The first kappa shape index (κ1) is 27.2. The Hall–Kier alpha value is -3.82. The van der Waals surface area contributed by atoms with Gasteiger partial charge >= 0.3 is 5.97 Å². The Balaban J connectivity index is 1.46. The minimum Gasteiger partial charge on any atom is -0.493 e. The molecule has 4 rings (SSSR count). The third kappa shape index (κ3) is 6.17. The summed E-state index contributed by atoms with van der Waals surface area (Å²) in [6.07, 6.45) is 2.36. The second kappa shape index (κ2) is 12.1. The second-order valence-corrected chi connectivity index (χ2v) is 10.1. The highest BCUT2D eigenvalue weighted by Gasteiger charge is 2.31. The van der Waals surface area contributed by atoms with Gasteiger partial charge in [-0.1, -0.05) is 53.8 Å². The number of hydrogen-bond donors (Lipinski definition) is 0. The zero-order chi connectivity index (χ0) is 27.2. The van der Waals surface area contributed by atoms with Crippen LogP contribution in [0, 0.1) is 6.92 Å². The van der Waals surface area contributed by atoms with E-state index in [1.165, 1.54) is 18.9 Å². The number of thioether (sulfide) groups is 1. The first-order chi connectivity index (χ1) is 18.3. The number of aryl methyl sites for hydroxylation is 1. The second-order valence-electron chi connectivity index (χ2n) is 8.44. The predicted octanol–water partition coefficient (Wildman–Crippen LogP) is 5.68. The van der Waals surface area contributed by atoms with Crippen molar-refractivity contribution in [1.29, 1.82) is 0 Å². The van der Waals surface area contributed by atoms with E-state index in [-0.39, 0.29) is 5.91 Å².